The Labute approximate surface area is 151 Å². The van der Waals surface area contributed by atoms with E-state index in [1.807, 2.05) is 18.2 Å². The Balaban J connectivity index is 1.39. The highest BCUT2D eigenvalue weighted by Crippen LogP contribution is 2.22. The first-order valence-corrected chi connectivity index (χ1v) is 9.46. The van der Waals surface area contributed by atoms with Gasteiger partial charge in [-0.15, -0.1) is 0 Å². The van der Waals surface area contributed by atoms with Crippen molar-refractivity contribution in [3.8, 4) is 6.07 Å². The predicted molar refractivity (Wildman–Crippen MR) is 97.1 cm³/mol. The van der Waals surface area contributed by atoms with Crippen molar-refractivity contribution in [2.75, 3.05) is 45.9 Å². The van der Waals surface area contributed by atoms with Crippen LogP contribution < -0.4 is 0 Å². The van der Waals surface area contributed by atoms with E-state index < -0.39 is 0 Å². The van der Waals surface area contributed by atoms with Crippen LogP contribution in [0.2, 0.25) is 0 Å². The lowest BCUT2D eigenvalue weighted by molar-refractivity contribution is -0.164. The molecule has 0 aromatic heterocycles. The van der Waals surface area contributed by atoms with E-state index in [4.69, 9.17) is 14.7 Å². The molecule has 136 valence electrons. The van der Waals surface area contributed by atoms with Crippen LogP contribution in [-0.4, -0.2) is 62.0 Å². The van der Waals surface area contributed by atoms with Crippen molar-refractivity contribution in [2.45, 2.75) is 38.5 Å². The molecule has 2 atom stereocenters. The molecule has 2 aliphatic heterocycles. The predicted octanol–water partition coefficient (Wildman–Crippen LogP) is 2.78. The lowest BCUT2D eigenvalue weighted by atomic mass is 10.0. The van der Waals surface area contributed by atoms with Crippen LogP contribution in [0.5, 0.6) is 0 Å². The number of hydrogen-bond donors (Lipinski definition) is 0. The van der Waals surface area contributed by atoms with Gasteiger partial charge in [-0.1, -0.05) is 12.1 Å². The smallest absolute Gasteiger partial charge is 0.157 e. The Morgan fingerprint density at radius 1 is 1.28 bits per heavy atom. The minimum absolute atomic E-state index is 0.0162. The van der Waals surface area contributed by atoms with Gasteiger partial charge in [0.05, 0.1) is 18.2 Å². The molecule has 0 unspecified atom stereocenters. The number of ether oxygens (including phenoxy) is 2. The van der Waals surface area contributed by atoms with Gasteiger partial charge in [-0.3, -0.25) is 9.80 Å². The molecule has 0 N–H and O–H groups in total. The van der Waals surface area contributed by atoms with Crippen molar-refractivity contribution >= 4 is 0 Å². The summed E-state index contributed by atoms with van der Waals surface area (Å²) in [6.45, 7) is 9.05. The normalized spacial score (nSPS) is 23.9. The molecule has 25 heavy (non-hydrogen) atoms. The molecule has 5 heteroatoms. The molecule has 2 heterocycles. The van der Waals surface area contributed by atoms with Gasteiger partial charge in [0.2, 0.25) is 0 Å². The van der Waals surface area contributed by atoms with Crippen LogP contribution >= 0.6 is 0 Å². The summed E-state index contributed by atoms with van der Waals surface area (Å²) in [5, 5.41) is 9.07. The first-order valence-electron chi connectivity index (χ1n) is 9.46. The fourth-order valence-electron chi connectivity index (χ4n) is 3.61. The van der Waals surface area contributed by atoms with Crippen LogP contribution in [0.3, 0.4) is 0 Å². The quantitative estimate of drug-likeness (QED) is 0.795. The number of piperazine rings is 1. The number of nitrogens with zero attached hydrogens (tertiary/aromatic N) is 3. The van der Waals surface area contributed by atoms with Crippen LogP contribution in [0.15, 0.2) is 24.3 Å². The number of benzene rings is 1. The first-order chi connectivity index (χ1) is 12.3. The summed E-state index contributed by atoms with van der Waals surface area (Å²) in [5.41, 5.74) is 1.97. The van der Waals surface area contributed by atoms with Gasteiger partial charge in [0.25, 0.3) is 0 Å². The number of hydrogen-bond acceptors (Lipinski definition) is 5. The largest absolute Gasteiger partial charge is 0.353 e. The highest BCUT2D eigenvalue weighted by atomic mass is 16.7. The zero-order valence-corrected chi connectivity index (χ0v) is 15.2. The van der Waals surface area contributed by atoms with Crippen molar-refractivity contribution in [2.24, 2.45) is 0 Å². The fraction of sp³-hybridized carbons (Fsp3) is 0.650. The van der Waals surface area contributed by atoms with Crippen molar-refractivity contribution in [3.05, 3.63) is 35.4 Å². The Bertz CT molecular complexity index is 573. The molecule has 0 aliphatic carbocycles. The summed E-state index contributed by atoms with van der Waals surface area (Å²) in [4.78, 5) is 4.97. The van der Waals surface area contributed by atoms with Crippen LogP contribution in [0.1, 0.15) is 43.4 Å². The second-order valence-corrected chi connectivity index (χ2v) is 6.96. The average molecular weight is 343 g/mol. The molecule has 0 amide bonds. The molecule has 0 radical (unpaired) electrons. The van der Waals surface area contributed by atoms with Gasteiger partial charge in [0, 0.05) is 45.4 Å². The molecule has 0 spiro atoms. The van der Waals surface area contributed by atoms with Crippen LogP contribution in [0.4, 0.5) is 0 Å². The van der Waals surface area contributed by atoms with Crippen molar-refractivity contribution in [1.29, 1.82) is 5.26 Å². The summed E-state index contributed by atoms with van der Waals surface area (Å²) >= 11 is 0. The van der Waals surface area contributed by atoms with Crippen LogP contribution in [0.25, 0.3) is 0 Å². The van der Waals surface area contributed by atoms with Gasteiger partial charge in [-0.05, 0) is 43.9 Å². The summed E-state index contributed by atoms with van der Waals surface area (Å²) in [6.07, 6.45) is 3.43. The Morgan fingerprint density at radius 2 is 2.12 bits per heavy atom. The second kappa shape index (κ2) is 9.30. The van der Waals surface area contributed by atoms with Crippen molar-refractivity contribution < 1.29 is 9.47 Å². The highest BCUT2D eigenvalue weighted by molar-refractivity contribution is 5.34. The van der Waals surface area contributed by atoms with E-state index in [-0.39, 0.29) is 6.29 Å². The van der Waals surface area contributed by atoms with Gasteiger partial charge in [0.1, 0.15) is 0 Å². The third-order valence-electron chi connectivity index (χ3n) is 5.30. The SMILES string of the molecule is C[C@@H](c1cccc(C#N)c1)N1CCN(CCO[C@@H]2CCCCO2)CC1. The Kier molecular flexibility index (Phi) is 6.83. The minimum atomic E-state index is 0.0162. The van der Waals surface area contributed by atoms with E-state index in [1.54, 1.807) is 0 Å². The standard InChI is InChI=1S/C20H29N3O2/c1-17(19-6-4-5-18(15-19)16-21)23-10-8-22(9-11-23)12-14-25-20-7-2-3-13-24-20/h4-6,15,17,20H,2-3,7-14H2,1H3/t17-,20+/m0/s1. The molecule has 2 saturated heterocycles. The first kappa shape index (κ1) is 18.3. The van der Waals surface area contributed by atoms with E-state index in [9.17, 15) is 0 Å². The molecule has 0 saturated carbocycles. The summed E-state index contributed by atoms with van der Waals surface area (Å²) < 4.78 is 11.5. The zero-order valence-electron chi connectivity index (χ0n) is 15.2. The molecule has 0 bridgehead atoms. The van der Waals surface area contributed by atoms with Crippen LogP contribution in [0, 0.1) is 11.3 Å². The number of rotatable bonds is 6. The van der Waals surface area contributed by atoms with Crippen LogP contribution in [-0.2, 0) is 9.47 Å². The topological polar surface area (TPSA) is 48.7 Å². The number of nitriles is 1. The minimum Gasteiger partial charge on any atom is -0.353 e. The molecule has 3 rings (SSSR count). The maximum atomic E-state index is 9.07. The second-order valence-electron chi connectivity index (χ2n) is 6.96. The molecular formula is C20H29N3O2. The molecule has 2 fully saturated rings. The van der Waals surface area contributed by atoms with Gasteiger partial charge in [-0.25, -0.2) is 0 Å². The summed E-state index contributed by atoms with van der Waals surface area (Å²) in [6, 6.07) is 10.6. The highest BCUT2D eigenvalue weighted by Gasteiger charge is 2.22. The molecular weight excluding hydrogens is 314 g/mol. The Morgan fingerprint density at radius 3 is 2.84 bits per heavy atom. The van der Waals surface area contributed by atoms with Crippen molar-refractivity contribution in [3.63, 3.8) is 0 Å². The zero-order chi connectivity index (χ0) is 17.5. The van der Waals surface area contributed by atoms with Gasteiger partial charge in [-0.2, -0.15) is 5.26 Å². The fourth-order valence-corrected chi connectivity index (χ4v) is 3.61. The van der Waals surface area contributed by atoms with E-state index in [0.29, 0.717) is 6.04 Å². The average Bonchev–Trinajstić information content (AvgIpc) is 2.69. The monoisotopic (exact) mass is 343 g/mol. The lowest BCUT2D eigenvalue weighted by Crippen LogP contribution is -2.48. The lowest BCUT2D eigenvalue weighted by Gasteiger charge is -2.38. The molecule has 1 aromatic rings. The summed E-state index contributed by atoms with van der Waals surface area (Å²) in [7, 11) is 0. The molecule has 1 aromatic carbocycles. The summed E-state index contributed by atoms with van der Waals surface area (Å²) in [5.74, 6) is 0. The third-order valence-corrected chi connectivity index (χ3v) is 5.30. The van der Waals surface area contributed by atoms with Gasteiger partial charge in [0.15, 0.2) is 6.29 Å². The molecule has 2 aliphatic rings. The molecule has 5 nitrogen and oxygen atoms in total. The van der Waals surface area contributed by atoms with E-state index in [2.05, 4.69) is 28.9 Å². The Hall–Kier alpha value is -1.45. The van der Waals surface area contributed by atoms with E-state index >= 15 is 0 Å². The van der Waals surface area contributed by atoms with Gasteiger partial charge >= 0.3 is 0 Å². The maximum absolute atomic E-state index is 9.07. The van der Waals surface area contributed by atoms with Gasteiger partial charge < -0.3 is 9.47 Å². The van der Waals surface area contributed by atoms with E-state index in [1.165, 1.54) is 12.0 Å². The maximum Gasteiger partial charge on any atom is 0.157 e. The van der Waals surface area contributed by atoms with Crippen molar-refractivity contribution in [1.82, 2.24) is 9.80 Å². The third kappa shape index (κ3) is 5.26. The van der Waals surface area contributed by atoms with E-state index in [0.717, 1.165) is 64.3 Å².